The zero-order valence-electron chi connectivity index (χ0n) is 15.3. The minimum atomic E-state index is -0.466. The Labute approximate surface area is 148 Å². The van der Waals surface area contributed by atoms with Crippen LogP contribution in [-0.4, -0.2) is 25.7 Å². The predicted octanol–water partition coefficient (Wildman–Crippen LogP) is 3.51. The van der Waals surface area contributed by atoms with E-state index in [0.717, 1.165) is 28.2 Å². The molecule has 0 bridgehead atoms. The van der Waals surface area contributed by atoms with E-state index in [4.69, 9.17) is 0 Å². The molecule has 0 aliphatic heterocycles. The van der Waals surface area contributed by atoms with Crippen molar-refractivity contribution in [2.45, 2.75) is 52.3 Å². The van der Waals surface area contributed by atoms with Crippen molar-refractivity contribution in [3.63, 3.8) is 0 Å². The molecule has 0 aliphatic rings. The molecular weight excluding hydrogens is 312 g/mol. The number of benzene rings is 1. The lowest BCUT2D eigenvalue weighted by molar-refractivity contribution is 0.152. The van der Waals surface area contributed by atoms with Gasteiger partial charge in [-0.3, -0.25) is 0 Å². The Balaban J connectivity index is 1.69. The molecule has 2 aromatic heterocycles. The fraction of sp³-hybridized carbons (Fsp3) is 0.400. The van der Waals surface area contributed by atoms with Crippen molar-refractivity contribution in [2.24, 2.45) is 0 Å². The summed E-state index contributed by atoms with van der Waals surface area (Å²) in [5.41, 5.74) is 5.01. The van der Waals surface area contributed by atoms with E-state index in [1.807, 2.05) is 54.0 Å². The molecule has 2 heterocycles. The number of rotatable bonds is 6. The Kier molecular flexibility index (Phi) is 5.16. The monoisotopic (exact) mass is 338 g/mol. The van der Waals surface area contributed by atoms with E-state index in [1.165, 1.54) is 0 Å². The van der Waals surface area contributed by atoms with Gasteiger partial charge < -0.3 is 10.4 Å². The van der Waals surface area contributed by atoms with Crippen molar-refractivity contribution in [2.75, 3.05) is 0 Å². The van der Waals surface area contributed by atoms with Gasteiger partial charge in [0.15, 0.2) is 5.65 Å². The average molecular weight is 338 g/mol. The lowest BCUT2D eigenvalue weighted by Gasteiger charge is -2.23. The highest BCUT2D eigenvalue weighted by atomic mass is 16.3. The normalized spacial score (nSPS) is 15.2. The Bertz CT molecular complexity index is 844. The molecule has 0 saturated carbocycles. The zero-order chi connectivity index (χ0) is 18.0. The molecule has 0 fully saturated rings. The van der Waals surface area contributed by atoms with Crippen LogP contribution in [0.5, 0.6) is 0 Å². The van der Waals surface area contributed by atoms with E-state index in [-0.39, 0.29) is 12.1 Å². The van der Waals surface area contributed by atoms with Gasteiger partial charge in [0.2, 0.25) is 0 Å². The lowest BCUT2D eigenvalue weighted by atomic mass is 10.0. The molecule has 2 N–H and O–H groups in total. The summed E-state index contributed by atoms with van der Waals surface area (Å²) in [6, 6.07) is 12.1. The van der Waals surface area contributed by atoms with Gasteiger partial charge in [-0.2, -0.15) is 5.10 Å². The summed E-state index contributed by atoms with van der Waals surface area (Å²) in [6.07, 6.45) is 2.11. The van der Waals surface area contributed by atoms with Gasteiger partial charge in [0.05, 0.1) is 11.8 Å². The van der Waals surface area contributed by atoms with Crippen molar-refractivity contribution in [1.82, 2.24) is 19.9 Å². The summed E-state index contributed by atoms with van der Waals surface area (Å²) in [5.74, 6) is 0. The van der Waals surface area contributed by atoms with Gasteiger partial charge in [-0.25, -0.2) is 9.50 Å². The van der Waals surface area contributed by atoms with Crippen molar-refractivity contribution in [3.05, 3.63) is 65.1 Å². The third-order valence-electron chi connectivity index (χ3n) is 4.65. The number of aliphatic hydroxyl groups excluding tert-OH is 1. The van der Waals surface area contributed by atoms with Crippen LogP contribution in [0.3, 0.4) is 0 Å². The fourth-order valence-electron chi connectivity index (χ4n) is 3.33. The summed E-state index contributed by atoms with van der Waals surface area (Å²) in [6.45, 7) is 8.26. The summed E-state index contributed by atoms with van der Waals surface area (Å²) in [4.78, 5) is 4.51. The Hall–Kier alpha value is -2.24. The molecule has 5 nitrogen and oxygen atoms in total. The molecule has 3 rings (SSSR count). The van der Waals surface area contributed by atoms with E-state index in [1.54, 1.807) is 0 Å². The van der Waals surface area contributed by atoms with Gasteiger partial charge in [-0.05, 0) is 39.7 Å². The minimum Gasteiger partial charge on any atom is -0.388 e. The van der Waals surface area contributed by atoms with E-state index in [0.29, 0.717) is 6.42 Å². The molecular formula is C20H26N4O. The molecule has 0 aliphatic carbocycles. The van der Waals surface area contributed by atoms with Gasteiger partial charge in [0, 0.05) is 35.6 Å². The molecule has 3 aromatic rings. The van der Waals surface area contributed by atoms with Crippen molar-refractivity contribution < 1.29 is 5.11 Å². The number of aryl methyl sites for hydroxylation is 2. The van der Waals surface area contributed by atoms with E-state index >= 15 is 0 Å². The lowest BCUT2D eigenvalue weighted by Crippen LogP contribution is -2.31. The van der Waals surface area contributed by atoms with Gasteiger partial charge in [-0.15, -0.1) is 0 Å². The van der Waals surface area contributed by atoms with Crippen molar-refractivity contribution in [1.29, 1.82) is 0 Å². The van der Waals surface area contributed by atoms with Crippen LogP contribution in [0.1, 0.15) is 54.9 Å². The third kappa shape index (κ3) is 3.89. The van der Waals surface area contributed by atoms with E-state index in [9.17, 15) is 5.11 Å². The van der Waals surface area contributed by atoms with Gasteiger partial charge in [0.1, 0.15) is 0 Å². The molecule has 0 saturated heterocycles. The largest absolute Gasteiger partial charge is 0.388 e. The smallest absolute Gasteiger partial charge is 0.155 e. The fourth-order valence-corrected chi connectivity index (χ4v) is 3.33. The standard InChI is InChI=1S/C20H26N4O/c1-13(10-19(25)17-8-6-5-7-9-17)22-15(3)18-12-21-20-11-14(2)23-24(20)16(18)4/h5-9,11-13,15,19,22,25H,10H2,1-4H3. The maximum atomic E-state index is 10.4. The molecule has 25 heavy (non-hydrogen) atoms. The Morgan fingerprint density at radius 2 is 1.88 bits per heavy atom. The van der Waals surface area contributed by atoms with Crippen molar-refractivity contribution >= 4 is 5.65 Å². The number of aromatic nitrogens is 3. The number of hydrogen-bond acceptors (Lipinski definition) is 4. The van der Waals surface area contributed by atoms with Crippen LogP contribution in [0.2, 0.25) is 0 Å². The second-order valence-corrected chi connectivity index (χ2v) is 6.81. The molecule has 0 amide bonds. The van der Waals surface area contributed by atoms with Crippen LogP contribution in [0.4, 0.5) is 0 Å². The highest BCUT2D eigenvalue weighted by molar-refractivity contribution is 5.42. The highest BCUT2D eigenvalue weighted by Gasteiger charge is 2.17. The molecule has 0 spiro atoms. The quantitative estimate of drug-likeness (QED) is 0.722. The second-order valence-electron chi connectivity index (χ2n) is 6.81. The van der Waals surface area contributed by atoms with Crippen LogP contribution in [-0.2, 0) is 0 Å². The third-order valence-corrected chi connectivity index (χ3v) is 4.65. The first-order valence-electron chi connectivity index (χ1n) is 8.76. The maximum absolute atomic E-state index is 10.4. The second kappa shape index (κ2) is 7.33. The highest BCUT2D eigenvalue weighted by Crippen LogP contribution is 2.22. The first-order chi connectivity index (χ1) is 12.0. The van der Waals surface area contributed by atoms with E-state index < -0.39 is 6.10 Å². The first-order valence-corrected chi connectivity index (χ1v) is 8.76. The molecule has 1 aromatic carbocycles. The topological polar surface area (TPSA) is 62.5 Å². The van der Waals surface area contributed by atoms with Gasteiger partial charge >= 0.3 is 0 Å². The molecule has 5 heteroatoms. The zero-order valence-corrected chi connectivity index (χ0v) is 15.3. The Morgan fingerprint density at radius 1 is 1.16 bits per heavy atom. The summed E-state index contributed by atoms with van der Waals surface area (Å²) in [7, 11) is 0. The number of nitrogens with zero attached hydrogens (tertiary/aromatic N) is 3. The SMILES string of the molecule is Cc1cc2ncc(C(C)NC(C)CC(O)c3ccccc3)c(C)n2n1. The van der Waals surface area contributed by atoms with Crippen LogP contribution in [0, 0.1) is 13.8 Å². The van der Waals surface area contributed by atoms with Crippen LogP contribution in [0.15, 0.2) is 42.6 Å². The van der Waals surface area contributed by atoms with Gasteiger partial charge in [0.25, 0.3) is 0 Å². The van der Waals surface area contributed by atoms with Crippen molar-refractivity contribution in [3.8, 4) is 0 Å². The number of nitrogens with one attached hydrogen (secondary N) is 1. The molecule has 3 unspecified atom stereocenters. The molecule has 3 atom stereocenters. The first kappa shape index (κ1) is 17.6. The number of fused-ring (bicyclic) bond motifs is 1. The van der Waals surface area contributed by atoms with Crippen LogP contribution < -0.4 is 5.32 Å². The predicted molar refractivity (Wildman–Crippen MR) is 99.5 cm³/mol. The minimum absolute atomic E-state index is 0.124. The molecule has 0 radical (unpaired) electrons. The van der Waals surface area contributed by atoms with Crippen LogP contribution in [0.25, 0.3) is 5.65 Å². The summed E-state index contributed by atoms with van der Waals surface area (Å²) in [5, 5.41) is 18.5. The van der Waals surface area contributed by atoms with E-state index in [2.05, 4.69) is 36.2 Å². The number of aliphatic hydroxyl groups is 1. The van der Waals surface area contributed by atoms with Crippen LogP contribution >= 0.6 is 0 Å². The maximum Gasteiger partial charge on any atom is 0.155 e. The summed E-state index contributed by atoms with van der Waals surface area (Å²) < 4.78 is 1.90. The Morgan fingerprint density at radius 3 is 2.60 bits per heavy atom. The number of hydrogen-bond donors (Lipinski definition) is 2. The molecule has 132 valence electrons. The van der Waals surface area contributed by atoms with Gasteiger partial charge in [-0.1, -0.05) is 30.3 Å². The average Bonchev–Trinajstić information content (AvgIpc) is 2.97. The summed E-state index contributed by atoms with van der Waals surface area (Å²) >= 11 is 0.